The molecule has 0 aromatic heterocycles. The molecule has 0 fully saturated rings. The lowest BCUT2D eigenvalue weighted by Gasteiger charge is -2.15. The topological polar surface area (TPSA) is 85.9 Å². The number of benzene rings is 3. The van der Waals surface area contributed by atoms with Gasteiger partial charge in [0.25, 0.3) is 11.8 Å². The molecule has 1 atom stereocenters. The normalized spacial score (nSPS) is 11.2. The van der Waals surface area contributed by atoms with Gasteiger partial charge < -0.3 is 24.8 Å². The number of halogens is 1. The van der Waals surface area contributed by atoms with E-state index in [0.29, 0.717) is 33.6 Å². The molecule has 1 unspecified atom stereocenters. The predicted octanol–water partition coefficient (Wildman–Crippen LogP) is 4.77. The highest BCUT2D eigenvalue weighted by Gasteiger charge is 2.16. The Morgan fingerprint density at radius 3 is 2.09 bits per heavy atom. The molecular weight excluding hydrogens is 432 g/mol. The van der Waals surface area contributed by atoms with E-state index in [9.17, 15) is 9.59 Å². The quantitative estimate of drug-likeness (QED) is 0.486. The lowest BCUT2D eigenvalue weighted by atomic mass is 10.2. The minimum Gasteiger partial charge on any atom is -0.497 e. The fraction of sp³-hybridized carbons (Fsp3) is 0.167. The second-order valence-electron chi connectivity index (χ2n) is 6.77. The first kappa shape index (κ1) is 23.0. The Labute approximate surface area is 191 Å². The maximum Gasteiger partial charge on any atom is 0.265 e. The highest BCUT2D eigenvalue weighted by molar-refractivity contribution is 6.32. The number of rotatable bonds is 9. The van der Waals surface area contributed by atoms with Crippen LogP contribution in [0, 0.1) is 0 Å². The molecule has 7 nitrogen and oxygen atoms in total. The van der Waals surface area contributed by atoms with E-state index in [1.807, 2.05) is 0 Å². The summed E-state index contributed by atoms with van der Waals surface area (Å²) in [4.78, 5) is 24.5. The molecule has 0 spiro atoms. The van der Waals surface area contributed by atoms with Crippen molar-refractivity contribution in [2.24, 2.45) is 0 Å². The molecule has 0 aliphatic rings. The Bertz CT molecular complexity index is 1050. The molecule has 0 heterocycles. The SMILES string of the molecule is COc1ccc(OCC(=O)Nc2ccc(NC(=O)C(C)Oc3ccccc3Cl)cc2)cc1. The van der Waals surface area contributed by atoms with E-state index in [0.717, 1.165) is 0 Å². The van der Waals surface area contributed by atoms with E-state index in [2.05, 4.69) is 10.6 Å². The van der Waals surface area contributed by atoms with Crippen LogP contribution >= 0.6 is 11.6 Å². The zero-order valence-electron chi connectivity index (χ0n) is 17.6. The molecule has 3 rings (SSSR count). The Balaban J connectivity index is 1.46. The van der Waals surface area contributed by atoms with Crippen LogP contribution in [0.5, 0.6) is 17.2 Å². The largest absolute Gasteiger partial charge is 0.497 e. The van der Waals surface area contributed by atoms with E-state index in [4.69, 9.17) is 25.8 Å². The summed E-state index contributed by atoms with van der Waals surface area (Å²) < 4.78 is 16.1. The molecule has 0 aliphatic heterocycles. The Hall–Kier alpha value is -3.71. The van der Waals surface area contributed by atoms with Gasteiger partial charge in [-0.2, -0.15) is 0 Å². The zero-order chi connectivity index (χ0) is 22.9. The Morgan fingerprint density at radius 1 is 0.875 bits per heavy atom. The van der Waals surface area contributed by atoms with Gasteiger partial charge in [-0.1, -0.05) is 23.7 Å². The van der Waals surface area contributed by atoms with Crippen LogP contribution < -0.4 is 24.8 Å². The van der Waals surface area contributed by atoms with Gasteiger partial charge in [0.05, 0.1) is 12.1 Å². The summed E-state index contributed by atoms with van der Waals surface area (Å²) >= 11 is 6.06. The van der Waals surface area contributed by atoms with Crippen LogP contribution in [0.25, 0.3) is 0 Å². The molecule has 3 aromatic carbocycles. The molecule has 32 heavy (non-hydrogen) atoms. The van der Waals surface area contributed by atoms with Gasteiger partial charge >= 0.3 is 0 Å². The number of carbonyl (C=O) groups excluding carboxylic acids is 2. The highest BCUT2D eigenvalue weighted by atomic mass is 35.5. The van der Waals surface area contributed by atoms with E-state index in [1.54, 1.807) is 86.8 Å². The lowest BCUT2D eigenvalue weighted by molar-refractivity contribution is -0.122. The van der Waals surface area contributed by atoms with Crippen molar-refractivity contribution in [1.82, 2.24) is 0 Å². The number of amides is 2. The second kappa shape index (κ2) is 11.1. The average Bonchev–Trinajstić information content (AvgIpc) is 2.80. The number of anilines is 2. The number of hydrogen-bond acceptors (Lipinski definition) is 5. The van der Waals surface area contributed by atoms with Gasteiger partial charge in [0.2, 0.25) is 0 Å². The zero-order valence-corrected chi connectivity index (χ0v) is 18.4. The minimum absolute atomic E-state index is 0.137. The van der Waals surface area contributed by atoms with Gasteiger partial charge in [0.1, 0.15) is 17.2 Å². The number of para-hydroxylation sites is 1. The third-order valence-electron chi connectivity index (χ3n) is 4.38. The summed E-state index contributed by atoms with van der Waals surface area (Å²) in [6.07, 6.45) is -0.746. The summed E-state index contributed by atoms with van der Waals surface area (Å²) in [7, 11) is 1.58. The first-order valence-electron chi connectivity index (χ1n) is 9.83. The van der Waals surface area contributed by atoms with Crippen molar-refractivity contribution < 1.29 is 23.8 Å². The van der Waals surface area contributed by atoms with Crippen molar-refractivity contribution in [2.75, 3.05) is 24.4 Å². The fourth-order valence-corrected chi connectivity index (χ4v) is 2.86. The lowest BCUT2D eigenvalue weighted by Crippen LogP contribution is -2.30. The standard InChI is InChI=1S/C24H23ClN2O5/c1-16(32-22-6-4-3-5-21(22)25)24(29)27-18-9-7-17(8-10-18)26-23(28)15-31-20-13-11-19(30-2)12-14-20/h3-14,16H,15H2,1-2H3,(H,26,28)(H,27,29). The molecule has 0 radical (unpaired) electrons. The smallest absolute Gasteiger partial charge is 0.265 e. The Morgan fingerprint density at radius 2 is 1.47 bits per heavy atom. The third kappa shape index (κ3) is 6.65. The van der Waals surface area contributed by atoms with Crippen molar-refractivity contribution in [1.29, 1.82) is 0 Å². The fourth-order valence-electron chi connectivity index (χ4n) is 2.68. The van der Waals surface area contributed by atoms with Gasteiger partial charge in [-0.25, -0.2) is 0 Å². The summed E-state index contributed by atoms with van der Waals surface area (Å²) in [5.41, 5.74) is 1.14. The van der Waals surface area contributed by atoms with Crippen molar-refractivity contribution in [3.05, 3.63) is 77.8 Å². The van der Waals surface area contributed by atoms with E-state index < -0.39 is 6.10 Å². The van der Waals surface area contributed by atoms with Crippen molar-refractivity contribution >= 4 is 34.8 Å². The van der Waals surface area contributed by atoms with Gasteiger partial charge in [0, 0.05) is 11.4 Å². The molecule has 0 saturated carbocycles. The second-order valence-corrected chi connectivity index (χ2v) is 7.18. The Kier molecular flexibility index (Phi) is 7.94. The first-order chi connectivity index (χ1) is 15.4. The number of carbonyl (C=O) groups is 2. The molecule has 0 aliphatic carbocycles. The van der Waals surface area contributed by atoms with Crippen LogP contribution in [-0.4, -0.2) is 31.6 Å². The monoisotopic (exact) mass is 454 g/mol. The van der Waals surface area contributed by atoms with E-state index in [-0.39, 0.29) is 18.4 Å². The van der Waals surface area contributed by atoms with Crippen molar-refractivity contribution in [2.45, 2.75) is 13.0 Å². The van der Waals surface area contributed by atoms with Crippen molar-refractivity contribution in [3.63, 3.8) is 0 Å². The van der Waals surface area contributed by atoms with Crippen LogP contribution in [0.4, 0.5) is 11.4 Å². The molecule has 0 bridgehead atoms. The third-order valence-corrected chi connectivity index (χ3v) is 4.69. The molecular formula is C24H23ClN2O5. The molecule has 0 saturated heterocycles. The van der Waals surface area contributed by atoms with Crippen molar-refractivity contribution in [3.8, 4) is 17.2 Å². The number of methoxy groups -OCH3 is 1. The number of ether oxygens (including phenoxy) is 3. The summed E-state index contributed by atoms with van der Waals surface area (Å²) in [5, 5.41) is 5.93. The predicted molar refractivity (Wildman–Crippen MR) is 124 cm³/mol. The average molecular weight is 455 g/mol. The van der Waals surface area contributed by atoms with Crippen LogP contribution in [0.3, 0.4) is 0 Å². The van der Waals surface area contributed by atoms with Gasteiger partial charge in [-0.05, 0) is 67.6 Å². The van der Waals surface area contributed by atoms with Gasteiger partial charge in [-0.15, -0.1) is 0 Å². The summed E-state index contributed by atoms with van der Waals surface area (Å²) in [6, 6.07) is 20.6. The highest BCUT2D eigenvalue weighted by Crippen LogP contribution is 2.24. The molecule has 8 heteroatoms. The van der Waals surface area contributed by atoms with Gasteiger partial charge in [-0.3, -0.25) is 9.59 Å². The van der Waals surface area contributed by atoms with E-state index in [1.165, 1.54) is 0 Å². The number of nitrogens with one attached hydrogen (secondary N) is 2. The summed E-state index contributed by atoms with van der Waals surface area (Å²) in [5.74, 6) is 1.08. The number of hydrogen-bond donors (Lipinski definition) is 2. The van der Waals surface area contributed by atoms with Crippen LogP contribution in [0.2, 0.25) is 5.02 Å². The first-order valence-corrected chi connectivity index (χ1v) is 10.2. The summed E-state index contributed by atoms with van der Waals surface area (Å²) in [6.45, 7) is 1.50. The maximum atomic E-state index is 12.4. The van der Waals surface area contributed by atoms with Gasteiger partial charge in [0.15, 0.2) is 12.7 Å². The van der Waals surface area contributed by atoms with Crippen LogP contribution in [0.1, 0.15) is 6.92 Å². The van der Waals surface area contributed by atoms with Crippen LogP contribution in [-0.2, 0) is 9.59 Å². The molecule has 2 N–H and O–H groups in total. The van der Waals surface area contributed by atoms with E-state index >= 15 is 0 Å². The maximum absolute atomic E-state index is 12.4. The molecule has 166 valence electrons. The van der Waals surface area contributed by atoms with Crippen LogP contribution in [0.15, 0.2) is 72.8 Å². The minimum atomic E-state index is -0.746. The molecule has 2 amide bonds. The molecule has 3 aromatic rings.